The molecule has 0 spiro atoms. The van der Waals surface area contributed by atoms with Crippen molar-refractivity contribution in [3.05, 3.63) is 47.5 Å². The van der Waals surface area contributed by atoms with Gasteiger partial charge in [0.15, 0.2) is 0 Å². The highest BCUT2D eigenvalue weighted by Gasteiger charge is 2.16. The Labute approximate surface area is 128 Å². The van der Waals surface area contributed by atoms with Gasteiger partial charge in [-0.05, 0) is 30.3 Å². The zero-order valence-corrected chi connectivity index (χ0v) is 12.9. The third kappa shape index (κ3) is 4.13. The predicted molar refractivity (Wildman–Crippen MR) is 81.7 cm³/mol. The summed E-state index contributed by atoms with van der Waals surface area (Å²) in [4.78, 5) is 7.67. The van der Waals surface area contributed by atoms with Gasteiger partial charge in [-0.2, -0.15) is 0 Å². The molecule has 0 saturated carbocycles. The van der Waals surface area contributed by atoms with E-state index in [1.165, 1.54) is 24.8 Å². The molecule has 112 valence electrons. The van der Waals surface area contributed by atoms with Crippen molar-refractivity contribution in [3.8, 4) is 0 Å². The van der Waals surface area contributed by atoms with Crippen LogP contribution in [0.5, 0.6) is 0 Å². The second kappa shape index (κ2) is 6.84. The van der Waals surface area contributed by atoms with E-state index in [2.05, 4.69) is 20.0 Å². The molecule has 1 heterocycles. The molecule has 1 aromatic carbocycles. The maximum absolute atomic E-state index is 12.3. The molecule has 0 radical (unpaired) electrons. The van der Waals surface area contributed by atoms with Gasteiger partial charge in [-0.15, -0.1) is 0 Å². The highest BCUT2D eigenvalue weighted by Crippen LogP contribution is 2.22. The molecular formula is C13H15ClN4O2S. The molecule has 0 fully saturated rings. The highest BCUT2D eigenvalue weighted by atomic mass is 35.5. The van der Waals surface area contributed by atoms with E-state index in [4.69, 9.17) is 11.6 Å². The molecule has 0 aliphatic rings. The van der Waals surface area contributed by atoms with E-state index >= 15 is 0 Å². The summed E-state index contributed by atoms with van der Waals surface area (Å²) in [6.07, 6.45) is 4.11. The molecule has 2 rings (SSSR count). The molecule has 0 saturated heterocycles. The lowest BCUT2D eigenvalue weighted by Gasteiger charge is -2.10. The maximum atomic E-state index is 12.3. The average Bonchev–Trinajstić information content (AvgIpc) is 2.47. The topological polar surface area (TPSA) is 84.0 Å². The normalized spacial score (nSPS) is 11.3. The Morgan fingerprint density at radius 3 is 2.62 bits per heavy atom. The standard InChI is InChI=1S/C13H15ClN4O2S/c1-2-15-6-10-5-12(3-4-13(10)14)21(19,20)18-11-7-16-9-17-8-11/h3-5,7-9,15,18H,2,6H2,1H3. The van der Waals surface area contributed by atoms with Crippen molar-refractivity contribution in [1.29, 1.82) is 0 Å². The number of rotatable bonds is 6. The summed E-state index contributed by atoms with van der Waals surface area (Å²) in [7, 11) is -3.69. The first-order chi connectivity index (χ1) is 10.0. The molecule has 1 aromatic heterocycles. The van der Waals surface area contributed by atoms with Crippen molar-refractivity contribution in [2.75, 3.05) is 11.3 Å². The molecule has 0 bridgehead atoms. The second-order valence-electron chi connectivity index (χ2n) is 4.27. The van der Waals surface area contributed by atoms with Gasteiger partial charge in [-0.25, -0.2) is 18.4 Å². The fourth-order valence-electron chi connectivity index (χ4n) is 1.68. The van der Waals surface area contributed by atoms with Crippen molar-refractivity contribution < 1.29 is 8.42 Å². The number of nitrogens with zero attached hydrogens (tertiary/aromatic N) is 2. The number of hydrogen-bond donors (Lipinski definition) is 2. The first-order valence-electron chi connectivity index (χ1n) is 6.30. The Morgan fingerprint density at radius 1 is 1.24 bits per heavy atom. The average molecular weight is 327 g/mol. The third-order valence-electron chi connectivity index (χ3n) is 2.71. The molecule has 21 heavy (non-hydrogen) atoms. The van der Waals surface area contributed by atoms with Crippen molar-refractivity contribution >= 4 is 27.3 Å². The van der Waals surface area contributed by atoms with Gasteiger partial charge in [0.1, 0.15) is 6.33 Å². The van der Waals surface area contributed by atoms with Gasteiger partial charge in [0, 0.05) is 11.6 Å². The van der Waals surface area contributed by atoms with Crippen LogP contribution < -0.4 is 10.0 Å². The van der Waals surface area contributed by atoms with Gasteiger partial charge >= 0.3 is 0 Å². The number of halogens is 1. The fourth-order valence-corrected chi connectivity index (χ4v) is 2.94. The molecule has 0 aliphatic heterocycles. The minimum absolute atomic E-state index is 0.142. The van der Waals surface area contributed by atoms with Crippen LogP contribution in [0.1, 0.15) is 12.5 Å². The van der Waals surface area contributed by atoms with E-state index in [0.717, 1.165) is 12.1 Å². The fraction of sp³-hybridized carbons (Fsp3) is 0.231. The number of nitrogens with one attached hydrogen (secondary N) is 2. The van der Waals surface area contributed by atoms with Crippen LogP contribution in [-0.4, -0.2) is 24.9 Å². The lowest BCUT2D eigenvalue weighted by molar-refractivity contribution is 0.601. The lowest BCUT2D eigenvalue weighted by Crippen LogP contribution is -2.15. The Kier molecular flexibility index (Phi) is 5.11. The number of anilines is 1. The minimum Gasteiger partial charge on any atom is -0.313 e. The molecule has 8 heteroatoms. The highest BCUT2D eigenvalue weighted by molar-refractivity contribution is 7.92. The van der Waals surface area contributed by atoms with Crippen LogP contribution in [0.2, 0.25) is 5.02 Å². The molecule has 0 aliphatic carbocycles. The summed E-state index contributed by atoms with van der Waals surface area (Å²) in [6, 6.07) is 4.59. The smallest absolute Gasteiger partial charge is 0.262 e. The number of benzene rings is 1. The van der Waals surface area contributed by atoms with E-state index in [-0.39, 0.29) is 4.90 Å². The molecule has 2 N–H and O–H groups in total. The quantitative estimate of drug-likeness (QED) is 0.848. The monoisotopic (exact) mass is 326 g/mol. The van der Waals surface area contributed by atoms with E-state index in [1.807, 2.05) is 6.92 Å². The van der Waals surface area contributed by atoms with Crippen LogP contribution in [0.15, 0.2) is 41.8 Å². The molecule has 0 atom stereocenters. The van der Waals surface area contributed by atoms with Gasteiger partial charge < -0.3 is 5.32 Å². The summed E-state index contributed by atoms with van der Waals surface area (Å²) < 4.78 is 27.0. The van der Waals surface area contributed by atoms with E-state index in [9.17, 15) is 8.42 Å². The number of sulfonamides is 1. The molecule has 2 aromatic rings. The SMILES string of the molecule is CCNCc1cc(S(=O)(=O)Nc2cncnc2)ccc1Cl. The van der Waals surface area contributed by atoms with Crippen molar-refractivity contribution in [2.45, 2.75) is 18.4 Å². The van der Waals surface area contributed by atoms with Crippen molar-refractivity contribution in [3.63, 3.8) is 0 Å². The Balaban J connectivity index is 2.27. The van der Waals surface area contributed by atoms with Crippen molar-refractivity contribution in [2.24, 2.45) is 0 Å². The Bertz CT molecular complexity index is 707. The van der Waals surface area contributed by atoms with Crippen LogP contribution in [-0.2, 0) is 16.6 Å². The van der Waals surface area contributed by atoms with Gasteiger partial charge in [0.25, 0.3) is 10.0 Å². The van der Waals surface area contributed by atoms with Crippen LogP contribution in [0.25, 0.3) is 0 Å². The lowest BCUT2D eigenvalue weighted by atomic mass is 10.2. The summed E-state index contributed by atoms with van der Waals surface area (Å²) in [5.41, 5.74) is 1.03. The zero-order chi connectivity index (χ0) is 15.3. The van der Waals surface area contributed by atoms with Gasteiger partial charge in [0.2, 0.25) is 0 Å². The summed E-state index contributed by atoms with van der Waals surface area (Å²) in [6.45, 7) is 3.24. The van der Waals surface area contributed by atoms with Crippen LogP contribution >= 0.6 is 11.6 Å². The summed E-state index contributed by atoms with van der Waals surface area (Å²) >= 11 is 6.07. The van der Waals surface area contributed by atoms with E-state index in [1.54, 1.807) is 12.1 Å². The van der Waals surface area contributed by atoms with Gasteiger partial charge in [-0.1, -0.05) is 18.5 Å². The molecule has 6 nitrogen and oxygen atoms in total. The van der Waals surface area contributed by atoms with Crippen molar-refractivity contribution in [1.82, 2.24) is 15.3 Å². The third-order valence-corrected chi connectivity index (χ3v) is 4.45. The minimum atomic E-state index is -3.69. The van der Waals surface area contributed by atoms with E-state index in [0.29, 0.717) is 17.3 Å². The molecule has 0 unspecified atom stereocenters. The van der Waals surface area contributed by atoms with E-state index < -0.39 is 10.0 Å². The molecular weight excluding hydrogens is 312 g/mol. The first kappa shape index (κ1) is 15.7. The number of hydrogen-bond acceptors (Lipinski definition) is 5. The van der Waals surface area contributed by atoms with Gasteiger partial charge in [0.05, 0.1) is 23.0 Å². The second-order valence-corrected chi connectivity index (χ2v) is 6.36. The maximum Gasteiger partial charge on any atom is 0.262 e. The van der Waals surface area contributed by atoms with Crippen LogP contribution in [0.4, 0.5) is 5.69 Å². The predicted octanol–water partition coefficient (Wildman–Crippen LogP) is 2.04. The Hall–Kier alpha value is -1.70. The van der Waals surface area contributed by atoms with Gasteiger partial charge in [-0.3, -0.25) is 4.72 Å². The first-order valence-corrected chi connectivity index (χ1v) is 8.16. The summed E-state index contributed by atoms with van der Waals surface area (Å²) in [5.74, 6) is 0. The van der Waals surface area contributed by atoms with Crippen LogP contribution in [0.3, 0.4) is 0 Å². The van der Waals surface area contributed by atoms with Crippen LogP contribution in [0, 0.1) is 0 Å². The zero-order valence-electron chi connectivity index (χ0n) is 11.4. The Morgan fingerprint density at radius 2 is 1.95 bits per heavy atom. The number of aromatic nitrogens is 2. The summed E-state index contributed by atoms with van der Waals surface area (Å²) in [5, 5.41) is 3.64. The molecule has 0 amide bonds. The largest absolute Gasteiger partial charge is 0.313 e.